The number of benzene rings is 2. The number of fused-ring (bicyclic) bond motifs is 1. The van der Waals surface area contributed by atoms with Gasteiger partial charge in [0.2, 0.25) is 5.91 Å². The number of anilines is 1. The number of carbonyl (C=O) groups is 1. The van der Waals surface area contributed by atoms with Gasteiger partial charge in [-0.05, 0) is 36.8 Å². The van der Waals surface area contributed by atoms with Crippen molar-refractivity contribution in [2.45, 2.75) is 19.3 Å². The van der Waals surface area contributed by atoms with Gasteiger partial charge in [-0.3, -0.25) is 4.79 Å². The molecule has 1 atom stereocenters. The Hall–Kier alpha value is -2.59. The summed E-state index contributed by atoms with van der Waals surface area (Å²) in [6.07, 6.45) is 2.25. The highest BCUT2D eigenvalue weighted by Crippen LogP contribution is 2.38. The molecule has 0 saturated heterocycles. The number of nitrogens with one attached hydrogen (secondary N) is 1. The highest BCUT2D eigenvalue weighted by molar-refractivity contribution is 6.30. The molecule has 120 valence electrons. The molecule has 1 aromatic heterocycles. The number of aromatic nitrogens is 2. The molecule has 4 rings (SSSR count). The van der Waals surface area contributed by atoms with Gasteiger partial charge in [0.25, 0.3) is 0 Å². The minimum Gasteiger partial charge on any atom is -0.310 e. The van der Waals surface area contributed by atoms with Crippen LogP contribution in [0.4, 0.5) is 5.82 Å². The van der Waals surface area contributed by atoms with E-state index in [4.69, 9.17) is 11.6 Å². The number of amides is 1. The van der Waals surface area contributed by atoms with Crippen LogP contribution in [0.25, 0.3) is 5.69 Å². The Morgan fingerprint density at radius 2 is 1.83 bits per heavy atom. The van der Waals surface area contributed by atoms with Crippen LogP contribution >= 0.6 is 11.6 Å². The first kappa shape index (κ1) is 15.0. The van der Waals surface area contributed by atoms with Crippen LogP contribution in [0, 0.1) is 6.92 Å². The standard InChI is InChI=1S/C19H16ClN3O/c1-12-2-8-15(9-3-12)23-19-17(11-21-23)16(10-18(24)22-19)13-4-6-14(20)7-5-13/h2-9,11,16H,10H2,1H3,(H,22,24)/t16-/m0/s1. The zero-order valence-electron chi connectivity index (χ0n) is 13.2. The summed E-state index contributed by atoms with van der Waals surface area (Å²) in [5, 5.41) is 8.16. The lowest BCUT2D eigenvalue weighted by atomic mass is 9.87. The SMILES string of the molecule is Cc1ccc(-n2ncc3c2NC(=O)C[C@H]3c2ccc(Cl)cc2)cc1. The maximum absolute atomic E-state index is 12.2. The first-order valence-corrected chi connectivity index (χ1v) is 8.20. The molecular formula is C19H16ClN3O. The van der Waals surface area contributed by atoms with Crippen LogP contribution in [-0.2, 0) is 4.79 Å². The third-order valence-corrected chi connectivity index (χ3v) is 4.62. The molecule has 1 N–H and O–H groups in total. The van der Waals surface area contributed by atoms with Crippen molar-refractivity contribution >= 4 is 23.3 Å². The normalized spacial score (nSPS) is 16.6. The number of carbonyl (C=O) groups excluding carboxylic acids is 1. The predicted octanol–water partition coefficient (Wildman–Crippen LogP) is 4.31. The van der Waals surface area contributed by atoms with Gasteiger partial charge in [-0.1, -0.05) is 41.4 Å². The Morgan fingerprint density at radius 3 is 2.54 bits per heavy atom. The lowest BCUT2D eigenvalue weighted by Crippen LogP contribution is -2.24. The molecule has 1 amide bonds. The van der Waals surface area contributed by atoms with Crippen molar-refractivity contribution in [3.8, 4) is 5.69 Å². The van der Waals surface area contributed by atoms with Gasteiger partial charge in [0.05, 0.1) is 11.9 Å². The molecule has 0 aliphatic carbocycles. The third-order valence-electron chi connectivity index (χ3n) is 4.37. The van der Waals surface area contributed by atoms with Crippen molar-refractivity contribution in [1.82, 2.24) is 9.78 Å². The minimum atomic E-state index is -0.00906. The quantitative estimate of drug-likeness (QED) is 0.757. The van der Waals surface area contributed by atoms with Gasteiger partial charge in [-0.15, -0.1) is 0 Å². The minimum absolute atomic E-state index is 0.00342. The van der Waals surface area contributed by atoms with Gasteiger partial charge in [0.1, 0.15) is 5.82 Å². The van der Waals surface area contributed by atoms with E-state index in [9.17, 15) is 4.79 Å². The summed E-state index contributed by atoms with van der Waals surface area (Å²) in [5.41, 5.74) is 4.21. The Labute approximate surface area is 145 Å². The number of aryl methyl sites for hydroxylation is 1. The molecule has 2 aromatic carbocycles. The van der Waals surface area contributed by atoms with E-state index in [0.29, 0.717) is 11.4 Å². The average Bonchev–Trinajstić information content (AvgIpc) is 2.99. The zero-order valence-corrected chi connectivity index (χ0v) is 13.9. The fourth-order valence-electron chi connectivity index (χ4n) is 3.09. The molecule has 4 nitrogen and oxygen atoms in total. The van der Waals surface area contributed by atoms with Gasteiger partial charge in [-0.2, -0.15) is 5.10 Å². The summed E-state index contributed by atoms with van der Waals surface area (Å²) in [7, 11) is 0. The van der Waals surface area contributed by atoms with E-state index >= 15 is 0 Å². The Kier molecular flexibility index (Phi) is 3.62. The van der Waals surface area contributed by atoms with Crippen LogP contribution in [0.5, 0.6) is 0 Å². The predicted molar refractivity (Wildman–Crippen MR) is 94.8 cm³/mol. The van der Waals surface area contributed by atoms with Crippen LogP contribution in [0.1, 0.15) is 29.0 Å². The highest BCUT2D eigenvalue weighted by atomic mass is 35.5. The Morgan fingerprint density at radius 1 is 1.12 bits per heavy atom. The van der Waals surface area contributed by atoms with Gasteiger partial charge in [0, 0.05) is 22.9 Å². The van der Waals surface area contributed by atoms with Gasteiger partial charge < -0.3 is 5.32 Å². The van der Waals surface area contributed by atoms with E-state index in [0.717, 1.165) is 22.6 Å². The monoisotopic (exact) mass is 337 g/mol. The van der Waals surface area contributed by atoms with E-state index in [1.54, 1.807) is 4.68 Å². The molecule has 1 aliphatic rings. The largest absolute Gasteiger partial charge is 0.310 e. The number of hydrogen-bond acceptors (Lipinski definition) is 2. The average molecular weight is 338 g/mol. The lowest BCUT2D eigenvalue weighted by Gasteiger charge is -2.23. The van der Waals surface area contributed by atoms with Gasteiger partial charge >= 0.3 is 0 Å². The fraction of sp³-hybridized carbons (Fsp3) is 0.158. The van der Waals surface area contributed by atoms with E-state index in [1.807, 2.05) is 61.7 Å². The summed E-state index contributed by atoms with van der Waals surface area (Å²) in [4.78, 5) is 12.2. The second-order valence-electron chi connectivity index (χ2n) is 6.05. The van der Waals surface area contributed by atoms with Crippen LogP contribution in [0.2, 0.25) is 5.02 Å². The van der Waals surface area contributed by atoms with Crippen LogP contribution < -0.4 is 5.32 Å². The molecule has 0 unspecified atom stereocenters. The molecule has 5 heteroatoms. The summed E-state index contributed by atoms with van der Waals surface area (Å²) in [6.45, 7) is 2.04. The van der Waals surface area contributed by atoms with E-state index in [1.165, 1.54) is 5.56 Å². The zero-order chi connectivity index (χ0) is 16.7. The molecule has 0 fully saturated rings. The number of rotatable bonds is 2. The maximum Gasteiger partial charge on any atom is 0.226 e. The topological polar surface area (TPSA) is 46.9 Å². The van der Waals surface area contributed by atoms with Crippen molar-refractivity contribution < 1.29 is 4.79 Å². The number of nitrogens with zero attached hydrogens (tertiary/aromatic N) is 2. The van der Waals surface area contributed by atoms with Crippen molar-refractivity contribution in [2.75, 3.05) is 5.32 Å². The number of hydrogen-bond donors (Lipinski definition) is 1. The maximum atomic E-state index is 12.2. The molecule has 0 spiro atoms. The smallest absolute Gasteiger partial charge is 0.226 e. The summed E-state index contributed by atoms with van der Waals surface area (Å²) in [6, 6.07) is 15.7. The van der Waals surface area contributed by atoms with Gasteiger partial charge in [0.15, 0.2) is 0 Å². The molecule has 3 aromatic rings. The van der Waals surface area contributed by atoms with E-state index in [-0.39, 0.29) is 11.8 Å². The first-order valence-electron chi connectivity index (χ1n) is 7.82. The van der Waals surface area contributed by atoms with Crippen LogP contribution in [-0.4, -0.2) is 15.7 Å². The molecule has 0 bridgehead atoms. The van der Waals surface area contributed by atoms with E-state index < -0.39 is 0 Å². The second kappa shape index (κ2) is 5.80. The molecule has 2 heterocycles. The van der Waals surface area contributed by atoms with Crippen molar-refractivity contribution in [1.29, 1.82) is 0 Å². The summed E-state index contributed by atoms with van der Waals surface area (Å²) < 4.78 is 1.79. The summed E-state index contributed by atoms with van der Waals surface area (Å²) in [5.74, 6) is 0.733. The molecule has 0 saturated carbocycles. The Bertz CT molecular complexity index is 897. The van der Waals surface area contributed by atoms with Gasteiger partial charge in [-0.25, -0.2) is 4.68 Å². The number of halogens is 1. The van der Waals surface area contributed by atoms with Crippen LogP contribution in [0.15, 0.2) is 54.7 Å². The lowest BCUT2D eigenvalue weighted by molar-refractivity contribution is -0.116. The molecule has 0 radical (unpaired) electrons. The fourth-order valence-corrected chi connectivity index (χ4v) is 3.22. The summed E-state index contributed by atoms with van der Waals surface area (Å²) >= 11 is 5.98. The highest BCUT2D eigenvalue weighted by Gasteiger charge is 2.30. The van der Waals surface area contributed by atoms with E-state index in [2.05, 4.69) is 10.4 Å². The molecule has 24 heavy (non-hydrogen) atoms. The van der Waals surface area contributed by atoms with Crippen molar-refractivity contribution in [3.05, 3.63) is 76.4 Å². The Balaban J connectivity index is 1.80. The third kappa shape index (κ3) is 2.59. The molecule has 1 aliphatic heterocycles. The van der Waals surface area contributed by atoms with Crippen molar-refractivity contribution in [3.63, 3.8) is 0 Å². The molecular weight excluding hydrogens is 322 g/mol. The van der Waals surface area contributed by atoms with Crippen LogP contribution in [0.3, 0.4) is 0 Å². The second-order valence-corrected chi connectivity index (χ2v) is 6.49. The first-order chi connectivity index (χ1) is 11.6. The van der Waals surface area contributed by atoms with Crippen molar-refractivity contribution in [2.24, 2.45) is 0 Å².